The molecule has 1 unspecified atom stereocenters. The van der Waals surface area contributed by atoms with E-state index in [1.54, 1.807) is 0 Å². The number of aliphatic hydroxyl groups is 1. The summed E-state index contributed by atoms with van der Waals surface area (Å²) in [6.07, 6.45) is 5.21. The molecular weight excluding hydrogens is 226 g/mol. The number of nitrogens with one attached hydrogen (secondary N) is 1. The number of sulfonamides is 1. The highest BCUT2D eigenvalue weighted by Crippen LogP contribution is 2.08. The predicted molar refractivity (Wildman–Crippen MR) is 66.8 cm³/mol. The van der Waals surface area contributed by atoms with Crippen LogP contribution in [0.2, 0.25) is 0 Å². The minimum atomic E-state index is -3.21. The second-order valence-electron chi connectivity index (χ2n) is 4.14. The van der Waals surface area contributed by atoms with Gasteiger partial charge in [-0.1, -0.05) is 33.1 Å². The van der Waals surface area contributed by atoms with Crippen molar-refractivity contribution in [2.75, 3.05) is 12.4 Å². The Labute approximate surface area is 99.5 Å². The van der Waals surface area contributed by atoms with E-state index in [1.807, 2.05) is 0 Å². The average molecular weight is 251 g/mol. The molecule has 4 nitrogen and oxygen atoms in total. The predicted octanol–water partition coefficient (Wildman–Crippen LogP) is 1.65. The van der Waals surface area contributed by atoms with Gasteiger partial charge >= 0.3 is 0 Å². The number of aliphatic hydroxyl groups excluding tert-OH is 1. The Morgan fingerprint density at radius 3 is 2.31 bits per heavy atom. The molecule has 0 rings (SSSR count). The molecule has 0 fully saturated rings. The summed E-state index contributed by atoms with van der Waals surface area (Å²) < 4.78 is 26.0. The quantitative estimate of drug-likeness (QED) is 0.620. The maximum atomic E-state index is 11.6. The van der Waals surface area contributed by atoms with Crippen LogP contribution in [0, 0.1) is 0 Å². The molecular formula is C11H25NO3S. The fourth-order valence-electron chi connectivity index (χ4n) is 1.63. The Morgan fingerprint density at radius 1 is 1.12 bits per heavy atom. The van der Waals surface area contributed by atoms with E-state index in [-0.39, 0.29) is 18.4 Å². The van der Waals surface area contributed by atoms with Crippen molar-refractivity contribution in [3.8, 4) is 0 Å². The Balaban J connectivity index is 4.14. The summed E-state index contributed by atoms with van der Waals surface area (Å²) >= 11 is 0. The van der Waals surface area contributed by atoms with Gasteiger partial charge in [-0.3, -0.25) is 0 Å². The third kappa shape index (κ3) is 8.07. The monoisotopic (exact) mass is 251 g/mol. The van der Waals surface area contributed by atoms with Gasteiger partial charge in [-0.05, 0) is 19.3 Å². The van der Waals surface area contributed by atoms with E-state index < -0.39 is 10.0 Å². The molecule has 0 saturated carbocycles. The lowest BCUT2D eigenvalue weighted by Gasteiger charge is -2.17. The van der Waals surface area contributed by atoms with Crippen LogP contribution < -0.4 is 4.72 Å². The van der Waals surface area contributed by atoms with Gasteiger partial charge in [-0.15, -0.1) is 0 Å². The normalized spacial score (nSPS) is 13.9. The van der Waals surface area contributed by atoms with Crippen molar-refractivity contribution in [3.05, 3.63) is 0 Å². The van der Waals surface area contributed by atoms with Crippen LogP contribution in [0.4, 0.5) is 0 Å². The smallest absolute Gasteiger partial charge is 0.211 e. The molecule has 0 amide bonds. The van der Waals surface area contributed by atoms with Crippen molar-refractivity contribution >= 4 is 10.0 Å². The molecule has 0 heterocycles. The summed E-state index contributed by atoms with van der Waals surface area (Å²) in [4.78, 5) is 0. The second kappa shape index (κ2) is 8.96. The fourth-order valence-corrected chi connectivity index (χ4v) is 3.00. The van der Waals surface area contributed by atoms with E-state index in [1.165, 1.54) is 0 Å². The first kappa shape index (κ1) is 15.9. The first-order valence-electron chi connectivity index (χ1n) is 6.16. The molecule has 0 aliphatic heterocycles. The van der Waals surface area contributed by atoms with Gasteiger partial charge in [0.2, 0.25) is 10.0 Å². The van der Waals surface area contributed by atoms with Crippen molar-refractivity contribution in [1.29, 1.82) is 0 Å². The van der Waals surface area contributed by atoms with E-state index in [9.17, 15) is 8.42 Å². The molecule has 1 atom stereocenters. The zero-order valence-electron chi connectivity index (χ0n) is 10.4. The molecule has 0 aromatic carbocycles. The highest BCUT2D eigenvalue weighted by molar-refractivity contribution is 7.89. The summed E-state index contributed by atoms with van der Waals surface area (Å²) in [6, 6.07) is 0.0636. The maximum absolute atomic E-state index is 11.6. The van der Waals surface area contributed by atoms with E-state index >= 15 is 0 Å². The molecule has 0 bridgehead atoms. The fraction of sp³-hybridized carbons (Fsp3) is 1.00. The van der Waals surface area contributed by atoms with Gasteiger partial charge in [0, 0.05) is 12.6 Å². The van der Waals surface area contributed by atoms with Gasteiger partial charge in [0.05, 0.1) is 5.75 Å². The van der Waals surface area contributed by atoms with Crippen molar-refractivity contribution in [1.82, 2.24) is 4.72 Å². The maximum Gasteiger partial charge on any atom is 0.211 e. The second-order valence-corrected chi connectivity index (χ2v) is 6.02. The Hall–Kier alpha value is -0.130. The van der Waals surface area contributed by atoms with Gasteiger partial charge in [0.1, 0.15) is 0 Å². The van der Waals surface area contributed by atoms with Gasteiger partial charge in [0.15, 0.2) is 0 Å². The molecule has 0 aliphatic carbocycles. The van der Waals surface area contributed by atoms with E-state index in [0.717, 1.165) is 32.1 Å². The molecule has 0 aromatic rings. The van der Waals surface area contributed by atoms with Crippen LogP contribution in [0.25, 0.3) is 0 Å². The molecule has 2 N–H and O–H groups in total. The van der Waals surface area contributed by atoms with Gasteiger partial charge < -0.3 is 5.11 Å². The third-order valence-electron chi connectivity index (χ3n) is 2.46. The van der Waals surface area contributed by atoms with Crippen molar-refractivity contribution < 1.29 is 13.5 Å². The molecule has 0 aliphatic rings. The van der Waals surface area contributed by atoms with Crippen molar-refractivity contribution in [2.45, 2.75) is 58.4 Å². The number of hydrogen-bond acceptors (Lipinski definition) is 3. The zero-order chi connectivity index (χ0) is 12.4. The van der Waals surface area contributed by atoms with Crippen LogP contribution in [0.5, 0.6) is 0 Å². The van der Waals surface area contributed by atoms with E-state index in [4.69, 9.17) is 5.11 Å². The summed E-state index contributed by atoms with van der Waals surface area (Å²) in [5.41, 5.74) is 0. The van der Waals surface area contributed by atoms with Crippen LogP contribution >= 0.6 is 0 Å². The number of hydrogen-bond donors (Lipinski definition) is 2. The van der Waals surface area contributed by atoms with E-state index in [0.29, 0.717) is 6.42 Å². The summed E-state index contributed by atoms with van der Waals surface area (Å²) in [5.74, 6) is 0.0237. The lowest BCUT2D eigenvalue weighted by atomic mass is 10.1. The molecule has 16 heavy (non-hydrogen) atoms. The Morgan fingerprint density at radius 2 is 1.81 bits per heavy atom. The molecule has 0 spiro atoms. The average Bonchev–Trinajstić information content (AvgIpc) is 2.23. The molecule has 98 valence electrons. The summed E-state index contributed by atoms with van der Waals surface area (Å²) in [5, 5.41) is 8.62. The van der Waals surface area contributed by atoms with Gasteiger partial charge in [0.25, 0.3) is 0 Å². The highest BCUT2D eigenvalue weighted by atomic mass is 32.2. The van der Waals surface area contributed by atoms with Gasteiger partial charge in [-0.25, -0.2) is 13.1 Å². The minimum Gasteiger partial charge on any atom is -0.396 e. The largest absolute Gasteiger partial charge is 0.396 e. The van der Waals surface area contributed by atoms with Crippen molar-refractivity contribution in [3.63, 3.8) is 0 Å². The summed E-state index contributed by atoms with van der Waals surface area (Å²) in [6.45, 7) is 4.08. The number of rotatable bonds is 10. The lowest BCUT2D eigenvalue weighted by Crippen LogP contribution is -2.36. The highest BCUT2D eigenvalue weighted by Gasteiger charge is 2.16. The van der Waals surface area contributed by atoms with E-state index in [2.05, 4.69) is 18.6 Å². The van der Waals surface area contributed by atoms with Crippen LogP contribution in [-0.2, 0) is 10.0 Å². The molecule has 0 radical (unpaired) electrons. The Kier molecular flexibility index (Phi) is 8.89. The Bertz CT molecular complexity index is 252. The van der Waals surface area contributed by atoms with Crippen LogP contribution in [0.15, 0.2) is 0 Å². The number of unbranched alkanes of at least 4 members (excludes halogenated alkanes) is 1. The summed E-state index contributed by atoms with van der Waals surface area (Å²) in [7, 11) is -3.21. The van der Waals surface area contributed by atoms with Crippen LogP contribution in [0.3, 0.4) is 0 Å². The third-order valence-corrected chi connectivity index (χ3v) is 3.98. The topological polar surface area (TPSA) is 66.4 Å². The standard InChI is InChI=1S/C11H25NO3S/c1-3-5-8-11(7-4-2)12-16(14,15)10-6-9-13/h11-13H,3-10H2,1-2H3. The molecule has 0 aromatic heterocycles. The lowest BCUT2D eigenvalue weighted by molar-refractivity contribution is 0.295. The molecule has 5 heteroatoms. The SMILES string of the molecule is CCCCC(CCC)NS(=O)(=O)CCCO. The van der Waals surface area contributed by atoms with Crippen molar-refractivity contribution in [2.24, 2.45) is 0 Å². The van der Waals surface area contributed by atoms with Gasteiger partial charge in [-0.2, -0.15) is 0 Å². The van der Waals surface area contributed by atoms with Crippen LogP contribution in [-0.4, -0.2) is 31.9 Å². The van der Waals surface area contributed by atoms with Crippen LogP contribution in [0.1, 0.15) is 52.4 Å². The molecule has 0 saturated heterocycles. The minimum absolute atomic E-state index is 0.0237. The zero-order valence-corrected chi connectivity index (χ0v) is 11.2. The first-order valence-corrected chi connectivity index (χ1v) is 7.81. The first-order chi connectivity index (χ1) is 7.55.